The summed E-state index contributed by atoms with van der Waals surface area (Å²) in [7, 11) is -3.46. The van der Waals surface area contributed by atoms with E-state index in [2.05, 4.69) is 6.58 Å². The van der Waals surface area contributed by atoms with Gasteiger partial charge in [0, 0.05) is 11.8 Å². The van der Waals surface area contributed by atoms with Crippen molar-refractivity contribution < 1.29 is 26.9 Å². The number of rotatable bonds is 5. The molecule has 3 fully saturated rings. The molecule has 0 aromatic rings. The first kappa shape index (κ1) is 14.0. The average Bonchev–Trinajstić information content (AvgIpc) is 2.92. The topological polar surface area (TPSA) is 78.9 Å². The van der Waals surface area contributed by atoms with Gasteiger partial charge in [0.2, 0.25) is 0 Å². The van der Waals surface area contributed by atoms with Gasteiger partial charge in [-0.3, -0.25) is 4.18 Å². The Balaban J connectivity index is 1.58. The fourth-order valence-electron chi connectivity index (χ4n) is 3.54. The van der Waals surface area contributed by atoms with Gasteiger partial charge in [0.15, 0.2) is 0 Å². The number of hydrogen-bond donors (Lipinski definition) is 0. The predicted octanol–water partition coefficient (Wildman–Crippen LogP) is 0.628. The van der Waals surface area contributed by atoms with E-state index in [0.29, 0.717) is 13.0 Å². The molecule has 0 amide bonds. The molecule has 20 heavy (non-hydrogen) atoms. The normalized spacial score (nSPS) is 40.0. The van der Waals surface area contributed by atoms with E-state index in [1.54, 1.807) is 6.92 Å². The fraction of sp³-hybridized carbons (Fsp3) is 0.769. The van der Waals surface area contributed by atoms with Gasteiger partial charge in [-0.2, -0.15) is 8.42 Å². The van der Waals surface area contributed by atoms with Crippen LogP contribution in [0.2, 0.25) is 0 Å². The largest absolute Gasteiger partial charge is 0.458 e. The summed E-state index contributed by atoms with van der Waals surface area (Å²) in [6.45, 7) is 5.63. The summed E-state index contributed by atoms with van der Waals surface area (Å²) in [6.07, 6.45) is 0.357. The summed E-state index contributed by atoms with van der Waals surface area (Å²) < 4.78 is 39.1. The van der Waals surface area contributed by atoms with E-state index in [1.165, 1.54) is 0 Å². The maximum absolute atomic E-state index is 11.8. The maximum Gasteiger partial charge on any atom is 0.332 e. The van der Waals surface area contributed by atoms with Crippen molar-refractivity contribution in [1.29, 1.82) is 0 Å². The Kier molecular flexibility index (Phi) is 3.38. The van der Waals surface area contributed by atoms with E-state index < -0.39 is 33.5 Å². The molecule has 2 aliphatic carbocycles. The van der Waals surface area contributed by atoms with Crippen molar-refractivity contribution in [2.75, 3.05) is 13.2 Å². The molecule has 2 bridgehead atoms. The Labute approximate surface area is 118 Å². The predicted molar refractivity (Wildman–Crippen MR) is 69.3 cm³/mol. The van der Waals surface area contributed by atoms with Gasteiger partial charge >= 0.3 is 5.97 Å². The van der Waals surface area contributed by atoms with Gasteiger partial charge in [-0.05, 0) is 19.8 Å². The number of esters is 1. The van der Waals surface area contributed by atoms with E-state index in [1.807, 2.05) is 0 Å². The highest BCUT2D eigenvalue weighted by Crippen LogP contribution is 2.55. The van der Waals surface area contributed by atoms with Gasteiger partial charge in [0.05, 0.1) is 11.9 Å². The molecule has 7 heteroatoms. The summed E-state index contributed by atoms with van der Waals surface area (Å²) in [6, 6.07) is 0. The van der Waals surface area contributed by atoms with Crippen LogP contribution in [0, 0.1) is 11.8 Å². The van der Waals surface area contributed by atoms with E-state index in [0.717, 1.165) is 12.0 Å². The molecule has 0 aromatic carbocycles. The number of ether oxygens (including phenoxy) is 2. The monoisotopic (exact) mass is 302 g/mol. The van der Waals surface area contributed by atoms with Crippen molar-refractivity contribution in [3.05, 3.63) is 12.2 Å². The van der Waals surface area contributed by atoms with Crippen LogP contribution in [0.3, 0.4) is 0 Å². The van der Waals surface area contributed by atoms with Crippen molar-refractivity contribution in [1.82, 2.24) is 0 Å². The second kappa shape index (κ2) is 4.82. The Hall–Kier alpha value is -0.920. The smallest absolute Gasteiger partial charge is 0.332 e. The molecule has 5 unspecified atom stereocenters. The van der Waals surface area contributed by atoms with Gasteiger partial charge in [0.1, 0.15) is 18.8 Å². The van der Waals surface area contributed by atoms with Crippen LogP contribution < -0.4 is 0 Å². The highest BCUT2D eigenvalue weighted by Gasteiger charge is 2.65. The second-order valence-corrected chi connectivity index (χ2v) is 7.68. The Morgan fingerprint density at radius 3 is 2.80 bits per heavy atom. The van der Waals surface area contributed by atoms with Crippen LogP contribution in [0.1, 0.15) is 19.8 Å². The van der Waals surface area contributed by atoms with E-state index >= 15 is 0 Å². The third-order valence-electron chi connectivity index (χ3n) is 4.25. The van der Waals surface area contributed by atoms with Gasteiger partial charge in [-0.15, -0.1) is 0 Å². The van der Waals surface area contributed by atoms with Gasteiger partial charge in [-0.1, -0.05) is 12.2 Å². The lowest BCUT2D eigenvalue weighted by Gasteiger charge is -2.24. The molecule has 112 valence electrons. The summed E-state index contributed by atoms with van der Waals surface area (Å²) in [5.41, 5.74) is 0.825. The molecule has 0 N–H and O–H groups in total. The first-order valence-electron chi connectivity index (χ1n) is 6.72. The molecule has 3 aliphatic rings. The Bertz CT molecular complexity index is 539. The van der Waals surface area contributed by atoms with Crippen LogP contribution in [0.4, 0.5) is 0 Å². The van der Waals surface area contributed by atoms with Crippen molar-refractivity contribution >= 4 is 16.1 Å². The minimum atomic E-state index is -3.46. The van der Waals surface area contributed by atoms with Crippen molar-refractivity contribution in [3.8, 4) is 0 Å². The quantitative estimate of drug-likeness (QED) is 0.421. The lowest BCUT2D eigenvalue weighted by atomic mass is 9.94. The molecule has 0 radical (unpaired) electrons. The van der Waals surface area contributed by atoms with Crippen LogP contribution in [0.15, 0.2) is 12.2 Å². The minimum Gasteiger partial charge on any atom is -0.458 e. The van der Waals surface area contributed by atoms with Crippen LogP contribution in [0.5, 0.6) is 0 Å². The zero-order valence-corrected chi connectivity index (χ0v) is 12.1. The first-order valence-corrected chi connectivity index (χ1v) is 8.19. The van der Waals surface area contributed by atoms with E-state index in [4.69, 9.17) is 13.7 Å². The molecule has 0 spiro atoms. The number of carbonyl (C=O) groups excluding carboxylic acids is 1. The van der Waals surface area contributed by atoms with Crippen molar-refractivity contribution in [2.24, 2.45) is 11.8 Å². The molecular formula is C13H18O6S. The number of hydrogen-bond acceptors (Lipinski definition) is 6. The third kappa shape index (κ3) is 2.27. The second-order valence-electron chi connectivity index (χ2n) is 5.89. The molecule has 3 rings (SSSR count). The van der Waals surface area contributed by atoms with Gasteiger partial charge < -0.3 is 9.47 Å². The van der Waals surface area contributed by atoms with Crippen molar-refractivity contribution in [3.63, 3.8) is 0 Å². The molecule has 5 atom stereocenters. The lowest BCUT2D eigenvalue weighted by molar-refractivity contribution is -0.160. The number of carbonyl (C=O) groups is 1. The molecule has 0 aromatic heterocycles. The van der Waals surface area contributed by atoms with E-state index in [-0.39, 0.29) is 18.4 Å². The van der Waals surface area contributed by atoms with E-state index in [9.17, 15) is 13.2 Å². The fourth-order valence-corrected chi connectivity index (χ4v) is 5.42. The zero-order valence-electron chi connectivity index (χ0n) is 11.3. The highest BCUT2D eigenvalue weighted by atomic mass is 32.2. The SMILES string of the molecule is C=C(C)COCC(=O)OC1C2CC3C1OS(=O)(=O)C3C2. The van der Waals surface area contributed by atoms with Crippen LogP contribution >= 0.6 is 0 Å². The van der Waals surface area contributed by atoms with Crippen LogP contribution in [-0.4, -0.2) is 45.1 Å². The number of fused-ring (bicyclic) bond motifs is 1. The van der Waals surface area contributed by atoms with Gasteiger partial charge in [0.25, 0.3) is 10.1 Å². The Morgan fingerprint density at radius 1 is 1.35 bits per heavy atom. The van der Waals surface area contributed by atoms with Crippen LogP contribution in [-0.2, 0) is 28.6 Å². The first-order chi connectivity index (χ1) is 9.38. The summed E-state index contributed by atoms with van der Waals surface area (Å²) in [5, 5.41) is -0.396. The molecular weight excluding hydrogens is 284 g/mol. The zero-order chi connectivity index (χ0) is 14.5. The average molecular weight is 302 g/mol. The third-order valence-corrected chi connectivity index (χ3v) is 6.02. The molecule has 1 heterocycles. The molecule has 2 saturated carbocycles. The van der Waals surface area contributed by atoms with Gasteiger partial charge in [-0.25, -0.2) is 4.79 Å². The summed E-state index contributed by atoms with van der Waals surface area (Å²) in [5.74, 6) is -0.398. The molecule has 1 saturated heterocycles. The van der Waals surface area contributed by atoms with Crippen molar-refractivity contribution in [2.45, 2.75) is 37.2 Å². The summed E-state index contributed by atoms with van der Waals surface area (Å²) in [4.78, 5) is 11.7. The molecule has 1 aliphatic heterocycles. The standard InChI is InChI=1S/C13H18O6S/c1-7(2)5-17-6-11(14)18-12-8-3-9-10(4-8)20(15,16)19-13(9)12/h8-10,12-13H,1,3-6H2,2H3. The maximum atomic E-state index is 11.8. The summed E-state index contributed by atoms with van der Waals surface area (Å²) >= 11 is 0. The lowest BCUT2D eigenvalue weighted by Crippen LogP contribution is -2.38. The highest BCUT2D eigenvalue weighted by molar-refractivity contribution is 7.87. The Morgan fingerprint density at radius 2 is 2.10 bits per heavy atom. The minimum absolute atomic E-state index is 0.0147. The van der Waals surface area contributed by atoms with Crippen LogP contribution in [0.25, 0.3) is 0 Å². The molecule has 6 nitrogen and oxygen atoms in total.